The maximum atomic E-state index is 11.3. The molecule has 1 saturated carbocycles. The highest BCUT2D eigenvalue weighted by Gasteiger charge is 2.26. The van der Waals surface area contributed by atoms with Gasteiger partial charge in [0.25, 0.3) is 0 Å². The highest BCUT2D eigenvalue weighted by Crippen LogP contribution is 2.34. The lowest BCUT2D eigenvalue weighted by Gasteiger charge is -2.31. The minimum atomic E-state index is -3.68. The molecule has 0 heterocycles. The average Bonchev–Trinajstić information content (AvgIpc) is 2.40. The van der Waals surface area contributed by atoms with E-state index in [2.05, 4.69) is 22.9 Å². The van der Waals surface area contributed by atoms with Gasteiger partial charge in [-0.3, -0.25) is 0 Å². The van der Waals surface area contributed by atoms with Crippen molar-refractivity contribution in [1.82, 2.24) is 0 Å². The van der Waals surface area contributed by atoms with Crippen molar-refractivity contribution in [2.24, 2.45) is 11.1 Å². The first kappa shape index (κ1) is 15.8. The predicted molar refractivity (Wildman–Crippen MR) is 82.2 cm³/mol. The summed E-state index contributed by atoms with van der Waals surface area (Å²) in [6.07, 6.45) is 6.04. The Labute approximate surface area is 128 Å². The van der Waals surface area contributed by atoms with Crippen LogP contribution in [0.4, 0.5) is 0 Å². The maximum absolute atomic E-state index is 11.3. The predicted octanol–water partition coefficient (Wildman–Crippen LogP) is 3.44. The molecule has 2 atom stereocenters. The lowest BCUT2D eigenvalue weighted by atomic mass is 9.85. The molecule has 1 aromatic rings. The van der Waals surface area contributed by atoms with Crippen LogP contribution in [0.15, 0.2) is 27.6 Å². The van der Waals surface area contributed by atoms with Crippen molar-refractivity contribution in [3.63, 3.8) is 0 Å². The molecule has 1 fully saturated rings. The number of primary sulfonamides is 1. The van der Waals surface area contributed by atoms with Crippen molar-refractivity contribution in [3.8, 4) is 5.75 Å². The Morgan fingerprint density at radius 1 is 1.35 bits per heavy atom. The largest absolute Gasteiger partial charge is 0.489 e. The first-order valence-electron chi connectivity index (χ1n) is 6.91. The fourth-order valence-electron chi connectivity index (χ4n) is 2.71. The van der Waals surface area contributed by atoms with Crippen molar-refractivity contribution < 1.29 is 13.2 Å². The maximum Gasteiger partial charge on any atom is 0.238 e. The number of rotatable bonds is 4. The molecule has 0 aromatic heterocycles. The lowest BCUT2D eigenvalue weighted by Crippen LogP contribution is -2.30. The topological polar surface area (TPSA) is 69.4 Å². The molecular formula is C14H20BrNO3S. The molecule has 2 unspecified atom stereocenters. The van der Waals surface area contributed by atoms with Crippen LogP contribution in [0.5, 0.6) is 5.75 Å². The number of benzene rings is 1. The van der Waals surface area contributed by atoms with Gasteiger partial charge in [0.05, 0.1) is 9.37 Å². The van der Waals surface area contributed by atoms with Crippen molar-refractivity contribution in [3.05, 3.63) is 22.7 Å². The zero-order chi connectivity index (χ0) is 14.8. The number of sulfonamides is 1. The summed E-state index contributed by atoms with van der Waals surface area (Å²) < 4.78 is 29.3. The normalized spacial score (nSPS) is 23.6. The molecule has 2 N–H and O–H groups in total. The van der Waals surface area contributed by atoms with E-state index < -0.39 is 10.0 Å². The molecule has 1 aliphatic rings. The van der Waals surface area contributed by atoms with Crippen LogP contribution in [0.1, 0.15) is 39.0 Å². The van der Waals surface area contributed by atoms with Crippen LogP contribution in [-0.4, -0.2) is 14.5 Å². The average molecular weight is 362 g/mol. The molecule has 4 nitrogen and oxygen atoms in total. The third-order valence-corrected chi connectivity index (χ3v) is 5.40. The molecule has 6 heteroatoms. The Kier molecular flexibility index (Phi) is 5.09. The molecule has 1 aliphatic carbocycles. The molecule has 112 valence electrons. The first-order chi connectivity index (χ1) is 9.41. The highest BCUT2D eigenvalue weighted by molar-refractivity contribution is 9.10. The van der Waals surface area contributed by atoms with Gasteiger partial charge in [0, 0.05) is 0 Å². The van der Waals surface area contributed by atoms with Gasteiger partial charge in [-0.1, -0.05) is 13.3 Å². The van der Waals surface area contributed by atoms with Gasteiger partial charge < -0.3 is 4.74 Å². The second-order valence-electron chi connectivity index (χ2n) is 5.25. The number of ether oxygens (including phenoxy) is 1. The van der Waals surface area contributed by atoms with E-state index in [4.69, 9.17) is 9.88 Å². The van der Waals surface area contributed by atoms with Gasteiger partial charge in [-0.15, -0.1) is 0 Å². The minimum absolute atomic E-state index is 0.0902. The Morgan fingerprint density at radius 2 is 2.05 bits per heavy atom. The molecule has 2 rings (SSSR count). The molecule has 1 aromatic carbocycles. The molecule has 0 amide bonds. The van der Waals surface area contributed by atoms with Gasteiger partial charge in [0.1, 0.15) is 11.9 Å². The molecule has 20 heavy (non-hydrogen) atoms. The van der Waals surface area contributed by atoms with Crippen molar-refractivity contribution in [1.29, 1.82) is 0 Å². The summed E-state index contributed by atoms with van der Waals surface area (Å²) in [5.41, 5.74) is 0. The van der Waals surface area contributed by atoms with Gasteiger partial charge in [-0.2, -0.15) is 0 Å². The van der Waals surface area contributed by atoms with E-state index in [0.717, 1.165) is 12.8 Å². The summed E-state index contributed by atoms with van der Waals surface area (Å²) in [7, 11) is -3.68. The smallest absolute Gasteiger partial charge is 0.238 e. The van der Waals surface area contributed by atoms with E-state index in [1.54, 1.807) is 6.07 Å². The van der Waals surface area contributed by atoms with Crippen molar-refractivity contribution in [2.75, 3.05) is 0 Å². The summed E-state index contributed by atoms with van der Waals surface area (Å²) in [6.45, 7) is 2.19. The van der Waals surface area contributed by atoms with Crippen LogP contribution >= 0.6 is 15.9 Å². The van der Waals surface area contributed by atoms with Crippen LogP contribution in [0.2, 0.25) is 0 Å². The Hall–Kier alpha value is -0.590. The van der Waals surface area contributed by atoms with Crippen LogP contribution in [-0.2, 0) is 10.0 Å². The van der Waals surface area contributed by atoms with E-state index >= 15 is 0 Å². The van der Waals surface area contributed by atoms with Gasteiger partial charge in [-0.05, 0) is 65.7 Å². The summed E-state index contributed by atoms with van der Waals surface area (Å²) in [6, 6.07) is 4.65. The summed E-state index contributed by atoms with van der Waals surface area (Å²) >= 11 is 3.36. The van der Waals surface area contributed by atoms with Gasteiger partial charge >= 0.3 is 0 Å². The molecule has 0 radical (unpaired) electrons. The van der Waals surface area contributed by atoms with Crippen LogP contribution in [0.3, 0.4) is 0 Å². The molecule has 0 saturated heterocycles. The fraction of sp³-hybridized carbons (Fsp3) is 0.571. The summed E-state index contributed by atoms with van der Waals surface area (Å²) in [5.74, 6) is 1.26. The van der Waals surface area contributed by atoms with Crippen molar-refractivity contribution >= 4 is 26.0 Å². The van der Waals surface area contributed by atoms with Crippen LogP contribution in [0, 0.1) is 5.92 Å². The highest BCUT2D eigenvalue weighted by atomic mass is 79.9. The van der Waals surface area contributed by atoms with E-state index in [1.807, 2.05) is 0 Å². The standard InChI is InChI=1S/C14H20BrNO3S/c1-2-10-5-3-4-6-13(10)19-14-8-7-11(9-12(14)15)20(16,17)18/h7-10,13H,2-6H2,1H3,(H2,16,17,18). The van der Waals surface area contributed by atoms with E-state index in [1.165, 1.54) is 31.4 Å². The molecule has 0 spiro atoms. The molecular weight excluding hydrogens is 342 g/mol. The second-order valence-corrected chi connectivity index (χ2v) is 7.66. The third-order valence-electron chi connectivity index (χ3n) is 3.87. The monoisotopic (exact) mass is 361 g/mol. The van der Waals surface area contributed by atoms with E-state index in [9.17, 15) is 8.42 Å². The van der Waals surface area contributed by atoms with Crippen LogP contribution in [0.25, 0.3) is 0 Å². The fourth-order valence-corrected chi connectivity index (χ4v) is 3.88. The zero-order valence-corrected chi connectivity index (χ0v) is 13.9. The Balaban J connectivity index is 2.17. The van der Waals surface area contributed by atoms with Gasteiger partial charge in [0.2, 0.25) is 10.0 Å². The van der Waals surface area contributed by atoms with Crippen molar-refractivity contribution in [2.45, 2.75) is 50.0 Å². The minimum Gasteiger partial charge on any atom is -0.489 e. The number of nitrogens with two attached hydrogens (primary N) is 1. The zero-order valence-electron chi connectivity index (χ0n) is 11.5. The molecule has 0 aliphatic heterocycles. The second kappa shape index (κ2) is 6.45. The summed E-state index contributed by atoms with van der Waals surface area (Å²) in [4.78, 5) is 0.0902. The number of hydrogen-bond donors (Lipinski definition) is 1. The first-order valence-corrected chi connectivity index (χ1v) is 9.24. The number of hydrogen-bond acceptors (Lipinski definition) is 3. The lowest BCUT2D eigenvalue weighted by molar-refractivity contribution is 0.0896. The SMILES string of the molecule is CCC1CCCCC1Oc1ccc(S(N)(=O)=O)cc1Br. The Morgan fingerprint density at radius 3 is 2.65 bits per heavy atom. The van der Waals surface area contributed by atoms with Crippen LogP contribution < -0.4 is 9.88 Å². The third kappa shape index (κ3) is 3.74. The quantitative estimate of drug-likeness (QED) is 0.892. The van der Waals surface area contributed by atoms with Gasteiger partial charge in [-0.25, -0.2) is 13.6 Å². The summed E-state index contributed by atoms with van der Waals surface area (Å²) in [5, 5.41) is 5.11. The number of halogens is 1. The molecule has 0 bridgehead atoms. The Bertz CT molecular complexity index is 574. The van der Waals surface area contributed by atoms with E-state index in [-0.39, 0.29) is 11.0 Å². The van der Waals surface area contributed by atoms with Gasteiger partial charge in [0.15, 0.2) is 0 Å². The van der Waals surface area contributed by atoms with E-state index in [0.29, 0.717) is 16.1 Å².